The number of hydrogen-bond donors (Lipinski definition) is 2. The second-order valence-corrected chi connectivity index (χ2v) is 2.78. The van der Waals surface area contributed by atoms with E-state index in [0.29, 0.717) is 6.04 Å². The molecule has 2 nitrogen and oxygen atoms in total. The van der Waals surface area contributed by atoms with Crippen molar-refractivity contribution in [3.8, 4) is 0 Å². The second-order valence-electron chi connectivity index (χ2n) is 2.15. The average Bonchev–Trinajstić information content (AvgIpc) is 1.90. The van der Waals surface area contributed by atoms with Gasteiger partial charge in [0.15, 0.2) is 0 Å². The lowest BCUT2D eigenvalue weighted by atomic mass is 10.1. The van der Waals surface area contributed by atoms with Gasteiger partial charge in [-0.3, -0.25) is 3.53 Å². The maximum Gasteiger partial charge on any atom is 0.0288 e. The molecule has 3 heteroatoms. The molecule has 0 radical (unpaired) electrons. The Morgan fingerprint density at radius 2 is 2.50 bits per heavy atom. The summed E-state index contributed by atoms with van der Waals surface area (Å²) >= 11 is 2.22. The standard InChI is InChI=1S/C5H11IN2/c6-8-5-2-1-3-7-4-5/h5,7-8H,1-4H2/t5-/m1/s1. The van der Waals surface area contributed by atoms with Crippen molar-refractivity contribution in [2.45, 2.75) is 18.9 Å². The van der Waals surface area contributed by atoms with Gasteiger partial charge in [0.25, 0.3) is 0 Å². The van der Waals surface area contributed by atoms with Crippen LogP contribution >= 0.6 is 22.9 Å². The van der Waals surface area contributed by atoms with Crippen LogP contribution in [-0.4, -0.2) is 19.1 Å². The maximum atomic E-state index is 3.32. The summed E-state index contributed by atoms with van der Waals surface area (Å²) < 4.78 is 3.21. The van der Waals surface area contributed by atoms with Gasteiger partial charge in [0, 0.05) is 35.5 Å². The number of halogens is 1. The summed E-state index contributed by atoms with van der Waals surface area (Å²) in [4.78, 5) is 0. The highest BCUT2D eigenvalue weighted by Crippen LogP contribution is 2.01. The summed E-state index contributed by atoms with van der Waals surface area (Å²) in [5.74, 6) is 0. The van der Waals surface area contributed by atoms with Crippen LogP contribution in [0, 0.1) is 0 Å². The molecule has 2 N–H and O–H groups in total. The summed E-state index contributed by atoms with van der Waals surface area (Å²) in [6.45, 7) is 2.34. The molecule has 0 spiro atoms. The third-order valence-corrected chi connectivity index (χ3v) is 2.33. The summed E-state index contributed by atoms with van der Waals surface area (Å²) in [5.41, 5.74) is 0. The second kappa shape index (κ2) is 3.63. The molecule has 1 fully saturated rings. The molecule has 0 saturated carbocycles. The van der Waals surface area contributed by atoms with Crippen LogP contribution in [0.5, 0.6) is 0 Å². The number of hydrogen-bond acceptors (Lipinski definition) is 2. The Morgan fingerprint density at radius 3 is 2.88 bits per heavy atom. The van der Waals surface area contributed by atoms with E-state index in [1.165, 1.54) is 19.4 Å². The van der Waals surface area contributed by atoms with Gasteiger partial charge in [-0.05, 0) is 19.4 Å². The highest BCUT2D eigenvalue weighted by molar-refractivity contribution is 14.1. The summed E-state index contributed by atoms with van der Waals surface area (Å²) in [5, 5.41) is 3.32. The van der Waals surface area contributed by atoms with Crippen LogP contribution in [0.1, 0.15) is 12.8 Å². The molecule has 1 rings (SSSR count). The van der Waals surface area contributed by atoms with Crippen LogP contribution in [-0.2, 0) is 0 Å². The van der Waals surface area contributed by atoms with Gasteiger partial charge in [-0.1, -0.05) is 0 Å². The van der Waals surface area contributed by atoms with Gasteiger partial charge in [0.1, 0.15) is 0 Å². The number of piperidine rings is 1. The van der Waals surface area contributed by atoms with E-state index in [-0.39, 0.29) is 0 Å². The monoisotopic (exact) mass is 226 g/mol. The fourth-order valence-corrected chi connectivity index (χ4v) is 1.48. The predicted molar refractivity (Wildman–Crippen MR) is 43.0 cm³/mol. The molecule has 0 aromatic carbocycles. The molecular formula is C5H11IN2. The van der Waals surface area contributed by atoms with Crippen LogP contribution in [0.4, 0.5) is 0 Å². The highest BCUT2D eigenvalue weighted by Gasteiger charge is 2.09. The lowest BCUT2D eigenvalue weighted by Gasteiger charge is -2.20. The van der Waals surface area contributed by atoms with Crippen LogP contribution in [0.2, 0.25) is 0 Å². The SMILES string of the molecule is IN[C@@H]1CCCNC1. The zero-order valence-corrected chi connectivity index (χ0v) is 6.94. The topological polar surface area (TPSA) is 24.1 Å². The third-order valence-electron chi connectivity index (χ3n) is 1.45. The first kappa shape index (κ1) is 6.77. The molecule has 48 valence electrons. The van der Waals surface area contributed by atoms with Crippen molar-refractivity contribution in [1.29, 1.82) is 0 Å². The van der Waals surface area contributed by atoms with Crippen LogP contribution < -0.4 is 8.85 Å². The molecule has 0 aromatic heterocycles. The molecule has 1 heterocycles. The van der Waals surface area contributed by atoms with Crippen molar-refractivity contribution in [1.82, 2.24) is 8.85 Å². The minimum absolute atomic E-state index is 0.712. The highest BCUT2D eigenvalue weighted by atomic mass is 127. The Hall–Kier alpha value is 0.650. The van der Waals surface area contributed by atoms with Crippen LogP contribution in [0.25, 0.3) is 0 Å². The average molecular weight is 226 g/mol. The zero-order chi connectivity index (χ0) is 5.82. The molecule has 0 aromatic rings. The van der Waals surface area contributed by atoms with Gasteiger partial charge in [-0.25, -0.2) is 0 Å². The van der Waals surface area contributed by atoms with Crippen molar-refractivity contribution < 1.29 is 0 Å². The van der Waals surface area contributed by atoms with Crippen molar-refractivity contribution in [3.05, 3.63) is 0 Å². The first-order valence-electron chi connectivity index (χ1n) is 3.00. The van der Waals surface area contributed by atoms with E-state index in [0.717, 1.165) is 6.54 Å². The van der Waals surface area contributed by atoms with Gasteiger partial charge in [0.2, 0.25) is 0 Å². The van der Waals surface area contributed by atoms with E-state index in [9.17, 15) is 0 Å². The molecule has 0 bridgehead atoms. The van der Waals surface area contributed by atoms with E-state index >= 15 is 0 Å². The van der Waals surface area contributed by atoms with Gasteiger partial charge < -0.3 is 5.32 Å². The van der Waals surface area contributed by atoms with Crippen molar-refractivity contribution >= 4 is 22.9 Å². The Kier molecular flexibility index (Phi) is 3.07. The Balaban J connectivity index is 2.13. The lowest BCUT2D eigenvalue weighted by molar-refractivity contribution is 0.448. The summed E-state index contributed by atoms with van der Waals surface area (Å²) in [6.07, 6.45) is 2.65. The molecule has 8 heavy (non-hydrogen) atoms. The van der Waals surface area contributed by atoms with E-state index < -0.39 is 0 Å². The minimum Gasteiger partial charge on any atom is -0.315 e. The number of rotatable bonds is 1. The van der Waals surface area contributed by atoms with Gasteiger partial charge in [-0.2, -0.15) is 0 Å². The molecule has 1 atom stereocenters. The number of nitrogens with one attached hydrogen (secondary N) is 2. The Labute approximate surface area is 63.9 Å². The molecule has 0 aliphatic carbocycles. The third kappa shape index (κ3) is 1.87. The summed E-state index contributed by atoms with van der Waals surface area (Å²) in [7, 11) is 0. The van der Waals surface area contributed by atoms with E-state index in [1.807, 2.05) is 0 Å². The predicted octanol–water partition coefficient (Wildman–Crippen LogP) is 0.678. The lowest BCUT2D eigenvalue weighted by Crippen LogP contribution is -2.38. The normalized spacial score (nSPS) is 30.4. The Morgan fingerprint density at radius 1 is 1.62 bits per heavy atom. The largest absolute Gasteiger partial charge is 0.315 e. The van der Waals surface area contributed by atoms with E-state index in [2.05, 4.69) is 31.7 Å². The fraction of sp³-hybridized carbons (Fsp3) is 1.00. The summed E-state index contributed by atoms with van der Waals surface area (Å²) in [6, 6.07) is 0.712. The van der Waals surface area contributed by atoms with E-state index in [4.69, 9.17) is 0 Å². The molecule has 1 aliphatic rings. The van der Waals surface area contributed by atoms with Gasteiger partial charge in [0.05, 0.1) is 0 Å². The van der Waals surface area contributed by atoms with Crippen LogP contribution in [0.3, 0.4) is 0 Å². The van der Waals surface area contributed by atoms with Gasteiger partial charge >= 0.3 is 0 Å². The molecule has 0 unspecified atom stereocenters. The van der Waals surface area contributed by atoms with Crippen molar-refractivity contribution in [2.24, 2.45) is 0 Å². The van der Waals surface area contributed by atoms with Crippen LogP contribution in [0.15, 0.2) is 0 Å². The van der Waals surface area contributed by atoms with Gasteiger partial charge in [-0.15, -0.1) is 0 Å². The van der Waals surface area contributed by atoms with Crippen molar-refractivity contribution in [3.63, 3.8) is 0 Å². The van der Waals surface area contributed by atoms with Crippen molar-refractivity contribution in [2.75, 3.05) is 13.1 Å². The molecule has 1 saturated heterocycles. The Bertz CT molecular complexity index is 61.4. The van der Waals surface area contributed by atoms with E-state index in [1.54, 1.807) is 0 Å². The quantitative estimate of drug-likeness (QED) is 0.507. The zero-order valence-electron chi connectivity index (χ0n) is 4.78. The fourth-order valence-electron chi connectivity index (χ4n) is 0.945. The smallest absolute Gasteiger partial charge is 0.0288 e. The minimum atomic E-state index is 0.712. The maximum absolute atomic E-state index is 3.32. The first-order valence-corrected chi connectivity index (χ1v) is 4.08. The molecule has 1 aliphatic heterocycles. The molecular weight excluding hydrogens is 215 g/mol. The molecule has 0 amide bonds. The first-order chi connectivity index (χ1) is 3.93.